The molecule has 0 aliphatic carbocycles. The number of carbonyl (C=O) groups is 1. The highest BCUT2D eigenvalue weighted by Crippen LogP contribution is 2.23. The van der Waals surface area contributed by atoms with E-state index in [2.05, 4.69) is 32.6 Å². The fourth-order valence-electron chi connectivity index (χ4n) is 1.89. The Morgan fingerprint density at radius 2 is 1.85 bits per heavy atom. The van der Waals surface area contributed by atoms with E-state index in [0.717, 1.165) is 21.3 Å². The Morgan fingerprint density at radius 3 is 2.55 bits per heavy atom. The van der Waals surface area contributed by atoms with E-state index >= 15 is 0 Å². The van der Waals surface area contributed by atoms with Crippen molar-refractivity contribution in [1.29, 1.82) is 0 Å². The molecule has 20 heavy (non-hydrogen) atoms. The van der Waals surface area contributed by atoms with Crippen LogP contribution in [-0.4, -0.2) is 6.03 Å². The van der Waals surface area contributed by atoms with Gasteiger partial charge in [0.05, 0.1) is 5.69 Å². The van der Waals surface area contributed by atoms with Crippen molar-refractivity contribution in [3.05, 3.63) is 63.6 Å². The maximum Gasteiger partial charge on any atom is 0.319 e. The van der Waals surface area contributed by atoms with Crippen LogP contribution in [-0.2, 0) is 6.54 Å². The molecule has 0 fully saturated rings. The van der Waals surface area contributed by atoms with Crippen LogP contribution in [0.5, 0.6) is 0 Å². The first-order chi connectivity index (χ1) is 9.54. The zero-order valence-electron chi connectivity index (χ0n) is 11.5. The topological polar surface area (TPSA) is 41.1 Å². The van der Waals surface area contributed by atoms with E-state index in [1.165, 1.54) is 5.56 Å². The molecule has 3 nitrogen and oxygen atoms in total. The minimum Gasteiger partial charge on any atom is -0.334 e. The lowest BCUT2D eigenvalue weighted by atomic mass is 10.1. The number of urea groups is 1. The Morgan fingerprint density at radius 1 is 1.10 bits per heavy atom. The van der Waals surface area contributed by atoms with Gasteiger partial charge in [-0.15, -0.1) is 0 Å². The Hall–Kier alpha value is -1.81. The predicted octanol–water partition coefficient (Wildman–Crippen LogP) is 4.39. The Bertz CT molecular complexity index is 626. The first-order valence-corrected chi connectivity index (χ1v) is 7.20. The molecule has 104 valence electrons. The van der Waals surface area contributed by atoms with Crippen molar-refractivity contribution < 1.29 is 4.79 Å². The standard InChI is InChI=1S/C16H17BrN2O/c1-11-4-3-5-13(8-11)10-18-16(20)19-15-7-6-12(2)9-14(15)17/h3-9H,10H2,1-2H3,(H2,18,19,20). The molecule has 2 rings (SSSR count). The number of amides is 2. The molecular formula is C16H17BrN2O. The van der Waals surface area contributed by atoms with Crippen LogP contribution in [0, 0.1) is 13.8 Å². The summed E-state index contributed by atoms with van der Waals surface area (Å²) in [5.41, 5.74) is 4.18. The highest BCUT2D eigenvalue weighted by molar-refractivity contribution is 9.10. The minimum absolute atomic E-state index is 0.212. The monoisotopic (exact) mass is 332 g/mol. The number of halogens is 1. The van der Waals surface area contributed by atoms with Crippen molar-refractivity contribution in [3.63, 3.8) is 0 Å². The summed E-state index contributed by atoms with van der Waals surface area (Å²) in [5, 5.41) is 5.67. The van der Waals surface area contributed by atoms with E-state index in [1.54, 1.807) is 0 Å². The van der Waals surface area contributed by atoms with Crippen LogP contribution in [0.4, 0.5) is 10.5 Å². The SMILES string of the molecule is Cc1cccc(CNC(=O)Nc2ccc(C)cc2Br)c1. The molecule has 0 saturated heterocycles. The van der Waals surface area contributed by atoms with Crippen molar-refractivity contribution in [2.24, 2.45) is 0 Å². The zero-order chi connectivity index (χ0) is 14.5. The number of benzene rings is 2. The molecule has 2 N–H and O–H groups in total. The van der Waals surface area contributed by atoms with Gasteiger partial charge in [-0.3, -0.25) is 0 Å². The Labute approximate surface area is 127 Å². The Balaban J connectivity index is 1.92. The van der Waals surface area contributed by atoms with Crippen LogP contribution in [0.25, 0.3) is 0 Å². The highest BCUT2D eigenvalue weighted by Gasteiger charge is 2.05. The van der Waals surface area contributed by atoms with Crippen LogP contribution in [0.1, 0.15) is 16.7 Å². The summed E-state index contributed by atoms with van der Waals surface area (Å²) in [7, 11) is 0. The number of aryl methyl sites for hydroxylation is 2. The minimum atomic E-state index is -0.212. The van der Waals surface area contributed by atoms with Crippen molar-refractivity contribution in [2.75, 3.05) is 5.32 Å². The molecule has 2 amide bonds. The molecule has 0 atom stereocenters. The summed E-state index contributed by atoms with van der Waals surface area (Å²) in [6, 6.07) is 13.7. The van der Waals surface area contributed by atoms with Crippen LogP contribution in [0.2, 0.25) is 0 Å². The van der Waals surface area contributed by atoms with Gasteiger partial charge >= 0.3 is 6.03 Å². The second kappa shape index (κ2) is 6.57. The number of anilines is 1. The molecule has 0 aliphatic rings. The third-order valence-corrected chi connectivity index (χ3v) is 3.56. The molecule has 0 saturated carbocycles. The summed E-state index contributed by atoms with van der Waals surface area (Å²) < 4.78 is 0.878. The summed E-state index contributed by atoms with van der Waals surface area (Å²) in [6.07, 6.45) is 0. The van der Waals surface area contributed by atoms with Gasteiger partial charge in [0.25, 0.3) is 0 Å². The van der Waals surface area contributed by atoms with Gasteiger partial charge in [0.1, 0.15) is 0 Å². The van der Waals surface area contributed by atoms with E-state index in [4.69, 9.17) is 0 Å². The number of nitrogens with one attached hydrogen (secondary N) is 2. The summed E-state index contributed by atoms with van der Waals surface area (Å²) in [6.45, 7) is 4.55. The van der Waals surface area contributed by atoms with E-state index in [1.807, 2.05) is 50.2 Å². The van der Waals surface area contributed by atoms with Crippen molar-refractivity contribution >= 4 is 27.6 Å². The molecule has 0 aliphatic heterocycles. The average Bonchev–Trinajstić information content (AvgIpc) is 2.40. The molecule has 0 heterocycles. The van der Waals surface area contributed by atoms with Crippen LogP contribution in [0.15, 0.2) is 46.9 Å². The second-order valence-electron chi connectivity index (χ2n) is 4.78. The maximum atomic E-state index is 11.9. The van der Waals surface area contributed by atoms with E-state index < -0.39 is 0 Å². The lowest BCUT2D eigenvalue weighted by Crippen LogP contribution is -2.28. The molecule has 0 radical (unpaired) electrons. The van der Waals surface area contributed by atoms with Gasteiger partial charge in [0.15, 0.2) is 0 Å². The third-order valence-electron chi connectivity index (χ3n) is 2.91. The molecule has 2 aromatic carbocycles. The summed E-state index contributed by atoms with van der Waals surface area (Å²) in [4.78, 5) is 11.9. The van der Waals surface area contributed by atoms with Crippen LogP contribution >= 0.6 is 15.9 Å². The first kappa shape index (κ1) is 14.6. The molecule has 0 spiro atoms. The van der Waals surface area contributed by atoms with E-state index in [-0.39, 0.29) is 6.03 Å². The third kappa shape index (κ3) is 4.10. The maximum absolute atomic E-state index is 11.9. The first-order valence-electron chi connectivity index (χ1n) is 6.41. The van der Waals surface area contributed by atoms with Gasteiger partial charge in [-0.05, 0) is 53.0 Å². The van der Waals surface area contributed by atoms with Gasteiger partial charge in [0, 0.05) is 11.0 Å². The van der Waals surface area contributed by atoms with E-state index in [0.29, 0.717) is 6.54 Å². The van der Waals surface area contributed by atoms with Gasteiger partial charge in [0.2, 0.25) is 0 Å². The van der Waals surface area contributed by atoms with Crippen molar-refractivity contribution in [3.8, 4) is 0 Å². The second-order valence-corrected chi connectivity index (χ2v) is 5.63. The van der Waals surface area contributed by atoms with Gasteiger partial charge < -0.3 is 10.6 Å². The van der Waals surface area contributed by atoms with Crippen LogP contribution < -0.4 is 10.6 Å². The number of hydrogen-bond donors (Lipinski definition) is 2. The fourth-order valence-corrected chi connectivity index (χ4v) is 2.48. The fraction of sp³-hybridized carbons (Fsp3) is 0.188. The highest BCUT2D eigenvalue weighted by atomic mass is 79.9. The van der Waals surface area contributed by atoms with Gasteiger partial charge in [-0.1, -0.05) is 35.9 Å². The van der Waals surface area contributed by atoms with Gasteiger partial charge in [-0.25, -0.2) is 4.79 Å². The lowest BCUT2D eigenvalue weighted by molar-refractivity contribution is 0.251. The molecular weight excluding hydrogens is 316 g/mol. The number of hydrogen-bond acceptors (Lipinski definition) is 1. The molecule has 0 aromatic heterocycles. The largest absolute Gasteiger partial charge is 0.334 e. The smallest absolute Gasteiger partial charge is 0.319 e. The number of carbonyl (C=O) groups excluding carboxylic acids is 1. The number of rotatable bonds is 3. The molecule has 0 unspecified atom stereocenters. The normalized spacial score (nSPS) is 10.2. The predicted molar refractivity (Wildman–Crippen MR) is 85.9 cm³/mol. The van der Waals surface area contributed by atoms with E-state index in [9.17, 15) is 4.79 Å². The van der Waals surface area contributed by atoms with Gasteiger partial charge in [-0.2, -0.15) is 0 Å². The average molecular weight is 333 g/mol. The van der Waals surface area contributed by atoms with Crippen molar-refractivity contribution in [1.82, 2.24) is 5.32 Å². The Kier molecular flexibility index (Phi) is 4.79. The molecule has 4 heteroatoms. The molecule has 2 aromatic rings. The van der Waals surface area contributed by atoms with Crippen molar-refractivity contribution in [2.45, 2.75) is 20.4 Å². The summed E-state index contributed by atoms with van der Waals surface area (Å²) >= 11 is 3.44. The molecule has 0 bridgehead atoms. The quantitative estimate of drug-likeness (QED) is 0.859. The lowest BCUT2D eigenvalue weighted by Gasteiger charge is -2.10. The zero-order valence-corrected chi connectivity index (χ0v) is 13.1. The summed E-state index contributed by atoms with van der Waals surface area (Å²) in [5.74, 6) is 0. The van der Waals surface area contributed by atoms with Crippen LogP contribution in [0.3, 0.4) is 0 Å².